The lowest BCUT2D eigenvalue weighted by atomic mass is 10.0. The SMILES string of the molecule is CO[n+]1cc(-c2cccc(-n3cc(C(=O)NC(C)C)c(=O)c4cccnc43)c2)ccc1CC(C)C. The molecule has 4 rings (SSSR count). The van der Waals surface area contributed by atoms with Gasteiger partial charge in [0, 0.05) is 41.3 Å². The van der Waals surface area contributed by atoms with Crippen molar-refractivity contribution in [2.24, 2.45) is 5.92 Å². The van der Waals surface area contributed by atoms with E-state index in [-0.39, 0.29) is 17.0 Å². The molecule has 35 heavy (non-hydrogen) atoms. The maximum absolute atomic E-state index is 13.1. The van der Waals surface area contributed by atoms with Crippen LogP contribution in [-0.2, 0) is 6.42 Å². The molecule has 0 bridgehead atoms. The second-order valence-corrected chi connectivity index (χ2v) is 9.31. The number of nitrogens with one attached hydrogen (secondary N) is 1. The number of carbonyl (C=O) groups excluding carboxylic acids is 1. The summed E-state index contributed by atoms with van der Waals surface area (Å²) in [5.74, 6) is 0.108. The van der Waals surface area contributed by atoms with Gasteiger partial charge in [0.2, 0.25) is 17.3 Å². The molecule has 0 atom stereocenters. The van der Waals surface area contributed by atoms with E-state index in [4.69, 9.17) is 4.84 Å². The van der Waals surface area contributed by atoms with E-state index in [0.717, 1.165) is 28.9 Å². The number of hydrogen-bond donors (Lipinski definition) is 1. The molecule has 1 N–H and O–H groups in total. The summed E-state index contributed by atoms with van der Waals surface area (Å²) in [6.07, 6.45) is 6.10. The van der Waals surface area contributed by atoms with Crippen LogP contribution < -0.4 is 20.3 Å². The standard InChI is InChI=1S/C28H30N4O3/c1-18(2)14-23-12-11-21(16-32(23)35-5)20-8-6-9-22(15-20)31-17-25(28(34)30-19(3)4)26(33)24-10-7-13-29-27(24)31/h6-13,15-19H,14H2,1-5H3/p+1. The molecule has 7 heteroatoms. The predicted molar refractivity (Wildman–Crippen MR) is 137 cm³/mol. The number of aromatic nitrogens is 3. The van der Waals surface area contributed by atoms with E-state index in [1.165, 1.54) is 0 Å². The van der Waals surface area contributed by atoms with Crippen molar-refractivity contribution in [3.05, 3.63) is 88.6 Å². The molecular formula is C28H31N4O3+. The Morgan fingerprint density at radius 2 is 1.89 bits per heavy atom. The van der Waals surface area contributed by atoms with Gasteiger partial charge in [0.25, 0.3) is 5.91 Å². The Kier molecular flexibility index (Phi) is 6.96. The number of amides is 1. The fourth-order valence-electron chi connectivity index (χ4n) is 4.12. The third-order valence-electron chi connectivity index (χ3n) is 5.69. The van der Waals surface area contributed by atoms with Crippen molar-refractivity contribution in [1.82, 2.24) is 14.9 Å². The van der Waals surface area contributed by atoms with Gasteiger partial charge in [0.1, 0.15) is 18.3 Å². The minimum absolute atomic E-state index is 0.0832. The van der Waals surface area contributed by atoms with E-state index in [2.05, 4.69) is 36.3 Å². The Morgan fingerprint density at radius 1 is 1.09 bits per heavy atom. The summed E-state index contributed by atoms with van der Waals surface area (Å²) < 4.78 is 3.60. The number of carbonyl (C=O) groups is 1. The summed E-state index contributed by atoms with van der Waals surface area (Å²) in [5.41, 5.74) is 4.09. The lowest BCUT2D eigenvalue weighted by Gasteiger charge is -2.14. The van der Waals surface area contributed by atoms with Crippen molar-refractivity contribution < 1.29 is 14.4 Å². The summed E-state index contributed by atoms with van der Waals surface area (Å²) >= 11 is 0. The summed E-state index contributed by atoms with van der Waals surface area (Å²) in [6, 6.07) is 15.4. The van der Waals surface area contributed by atoms with Crippen LogP contribution in [0.15, 0.2) is 71.9 Å². The monoisotopic (exact) mass is 471 g/mol. The molecule has 0 aliphatic rings. The Bertz CT molecular complexity index is 1440. The fraction of sp³-hybridized carbons (Fsp3) is 0.286. The number of pyridine rings is 3. The molecule has 0 spiro atoms. The van der Waals surface area contributed by atoms with Gasteiger partial charge in [-0.2, -0.15) is 0 Å². The van der Waals surface area contributed by atoms with E-state index >= 15 is 0 Å². The molecule has 3 aromatic heterocycles. The number of benzene rings is 1. The van der Waals surface area contributed by atoms with Gasteiger partial charge in [-0.1, -0.05) is 26.0 Å². The summed E-state index contributed by atoms with van der Waals surface area (Å²) in [5, 5.41) is 3.22. The maximum atomic E-state index is 13.1. The molecule has 7 nitrogen and oxygen atoms in total. The summed E-state index contributed by atoms with van der Waals surface area (Å²) in [6.45, 7) is 8.08. The number of rotatable bonds is 7. The van der Waals surface area contributed by atoms with Crippen LogP contribution in [-0.4, -0.2) is 28.6 Å². The molecule has 0 saturated heterocycles. The zero-order chi connectivity index (χ0) is 25.1. The predicted octanol–water partition coefficient (Wildman–Crippen LogP) is 3.74. The zero-order valence-corrected chi connectivity index (χ0v) is 20.8. The van der Waals surface area contributed by atoms with Crippen molar-refractivity contribution in [3.63, 3.8) is 0 Å². The van der Waals surface area contributed by atoms with Crippen LogP contribution in [0.4, 0.5) is 0 Å². The largest absolute Gasteiger partial charge is 0.350 e. The average Bonchev–Trinajstić information content (AvgIpc) is 2.84. The molecule has 0 unspecified atom stereocenters. The Labute approximate surface area is 205 Å². The molecule has 0 aliphatic carbocycles. The van der Waals surface area contributed by atoms with Gasteiger partial charge in [-0.3, -0.25) is 14.4 Å². The molecule has 0 radical (unpaired) electrons. The van der Waals surface area contributed by atoms with Gasteiger partial charge in [-0.15, -0.1) is 0 Å². The van der Waals surface area contributed by atoms with Crippen molar-refractivity contribution in [2.75, 3.05) is 7.11 Å². The number of nitrogens with zero attached hydrogens (tertiary/aromatic N) is 3. The van der Waals surface area contributed by atoms with Gasteiger partial charge in [-0.05, 0) is 55.7 Å². The van der Waals surface area contributed by atoms with Crippen LogP contribution in [0.25, 0.3) is 27.8 Å². The normalized spacial score (nSPS) is 11.3. The number of fused-ring (bicyclic) bond motifs is 1. The summed E-state index contributed by atoms with van der Waals surface area (Å²) in [7, 11) is 1.66. The molecule has 0 aliphatic heterocycles. The van der Waals surface area contributed by atoms with Crippen molar-refractivity contribution in [2.45, 2.75) is 40.2 Å². The molecule has 1 aromatic carbocycles. The highest BCUT2D eigenvalue weighted by molar-refractivity contribution is 5.97. The minimum Gasteiger partial charge on any atom is -0.350 e. The molecule has 4 aromatic rings. The third kappa shape index (κ3) is 5.09. The van der Waals surface area contributed by atoms with Crippen LogP contribution in [0.1, 0.15) is 43.7 Å². The minimum atomic E-state index is -0.400. The van der Waals surface area contributed by atoms with Crippen molar-refractivity contribution >= 4 is 16.9 Å². The van der Waals surface area contributed by atoms with Crippen LogP contribution >= 0.6 is 0 Å². The number of hydrogen-bond acceptors (Lipinski definition) is 4. The van der Waals surface area contributed by atoms with Crippen molar-refractivity contribution in [1.29, 1.82) is 0 Å². The van der Waals surface area contributed by atoms with Crippen LogP contribution in [0.3, 0.4) is 0 Å². The van der Waals surface area contributed by atoms with E-state index in [1.54, 1.807) is 40.9 Å². The topological polar surface area (TPSA) is 77.1 Å². The van der Waals surface area contributed by atoms with Crippen LogP contribution in [0.2, 0.25) is 0 Å². The van der Waals surface area contributed by atoms with Gasteiger partial charge in [0.05, 0.1) is 10.9 Å². The second-order valence-electron chi connectivity index (χ2n) is 9.31. The highest BCUT2D eigenvalue weighted by atomic mass is 16.6. The van der Waals surface area contributed by atoms with E-state index < -0.39 is 5.91 Å². The maximum Gasteiger partial charge on any atom is 0.256 e. The van der Waals surface area contributed by atoms with Gasteiger partial charge in [0.15, 0.2) is 0 Å². The van der Waals surface area contributed by atoms with E-state index in [9.17, 15) is 9.59 Å². The Balaban J connectivity index is 1.85. The first-order valence-corrected chi connectivity index (χ1v) is 11.8. The van der Waals surface area contributed by atoms with E-state index in [0.29, 0.717) is 17.0 Å². The zero-order valence-electron chi connectivity index (χ0n) is 20.8. The molecule has 3 heterocycles. The molecule has 1 amide bonds. The first kappa shape index (κ1) is 24.1. The molecular weight excluding hydrogens is 440 g/mol. The quantitative estimate of drug-likeness (QED) is 0.417. The Hall–Kier alpha value is -4.00. The van der Waals surface area contributed by atoms with Gasteiger partial charge >= 0.3 is 0 Å². The molecule has 0 saturated carbocycles. The smallest absolute Gasteiger partial charge is 0.256 e. The van der Waals surface area contributed by atoms with Crippen molar-refractivity contribution in [3.8, 4) is 16.8 Å². The summed E-state index contributed by atoms with van der Waals surface area (Å²) in [4.78, 5) is 35.9. The highest BCUT2D eigenvalue weighted by Crippen LogP contribution is 2.23. The van der Waals surface area contributed by atoms with E-state index in [1.807, 2.05) is 44.3 Å². The van der Waals surface area contributed by atoms with Crippen LogP contribution in [0, 0.1) is 5.92 Å². The first-order chi connectivity index (χ1) is 16.8. The lowest BCUT2D eigenvalue weighted by Crippen LogP contribution is -2.44. The molecule has 0 fully saturated rings. The van der Waals surface area contributed by atoms with Gasteiger partial charge < -0.3 is 9.88 Å². The van der Waals surface area contributed by atoms with Gasteiger partial charge in [-0.25, -0.2) is 4.98 Å². The Morgan fingerprint density at radius 3 is 2.60 bits per heavy atom. The molecule has 180 valence electrons. The van der Waals surface area contributed by atoms with Crippen LogP contribution in [0.5, 0.6) is 0 Å². The third-order valence-corrected chi connectivity index (χ3v) is 5.69. The lowest BCUT2D eigenvalue weighted by molar-refractivity contribution is -0.890. The highest BCUT2D eigenvalue weighted by Gasteiger charge is 2.19. The second kappa shape index (κ2) is 10.1. The fourth-order valence-corrected chi connectivity index (χ4v) is 4.12. The first-order valence-electron chi connectivity index (χ1n) is 11.8. The average molecular weight is 472 g/mol.